The highest BCUT2D eigenvalue weighted by Crippen LogP contribution is 2.30. The fraction of sp³-hybridized carbons (Fsp3) is 0.450. The van der Waals surface area contributed by atoms with E-state index in [0.29, 0.717) is 56.4 Å². The number of nitrogens with zero attached hydrogens (tertiary/aromatic N) is 1. The number of amides is 4. The van der Waals surface area contributed by atoms with E-state index in [2.05, 4.69) is 262 Å². The van der Waals surface area contributed by atoms with Crippen molar-refractivity contribution >= 4 is 34.8 Å². The molecule has 16 heteroatoms. The maximum Gasteiger partial charge on any atom is 0.225 e. The normalized spacial score (nSPS) is 15.4. The second-order valence-electron chi connectivity index (χ2n) is 34.4. The molecule has 4 aromatic carbocycles. The van der Waals surface area contributed by atoms with Crippen LogP contribution in [0.3, 0.4) is 0 Å². The number of hydrogen-bond acceptors (Lipinski definition) is 12. The fourth-order valence-electron chi connectivity index (χ4n) is 14.4. The Morgan fingerprint density at radius 1 is 0.382 bits per heavy atom. The number of methoxy groups -OCH3 is 2. The average molecular weight is 1860 g/mol. The second kappa shape index (κ2) is 82.7. The minimum atomic E-state index is -0.116. The highest BCUT2D eigenvalue weighted by molar-refractivity contribution is 5.78. The number of aromatic hydroxyl groups is 4. The van der Waals surface area contributed by atoms with Crippen LogP contribution in [0.2, 0.25) is 0 Å². The van der Waals surface area contributed by atoms with Crippen LogP contribution in [0.4, 0.5) is 0 Å². The maximum atomic E-state index is 13.1. The van der Waals surface area contributed by atoms with Gasteiger partial charge in [0, 0.05) is 56.4 Å². The molecule has 6 rings (SSSR count). The Kier molecular flexibility index (Phi) is 72.0. The molecule has 1 aliphatic heterocycles. The van der Waals surface area contributed by atoms with Crippen LogP contribution < -0.4 is 25.4 Å². The van der Waals surface area contributed by atoms with Gasteiger partial charge in [-0.3, -0.25) is 28.3 Å². The molecule has 0 saturated heterocycles. The topological polar surface area (TPSA) is 233 Å². The first-order valence-electron chi connectivity index (χ1n) is 50.6. The minimum Gasteiger partial charge on any atom is -0.504 e. The van der Waals surface area contributed by atoms with Crippen molar-refractivity contribution < 1.29 is 58.2 Å². The van der Waals surface area contributed by atoms with E-state index in [1.165, 1.54) is 46.0 Å². The Morgan fingerprint density at radius 2 is 0.757 bits per heavy atom. The number of ether oxygens (including phenoxy) is 2. The van der Waals surface area contributed by atoms with E-state index in [4.69, 9.17) is 18.6 Å². The molecule has 742 valence electrons. The maximum absolute atomic E-state index is 13.1. The first kappa shape index (κ1) is 118. The van der Waals surface area contributed by atoms with Crippen molar-refractivity contribution in [1.29, 1.82) is 0 Å². The van der Waals surface area contributed by atoms with Crippen molar-refractivity contribution in [2.24, 2.45) is 0 Å². The molecule has 7 N–H and O–H groups in total. The van der Waals surface area contributed by atoms with Gasteiger partial charge in [0.05, 0.1) is 14.2 Å². The fourth-order valence-corrected chi connectivity index (χ4v) is 14.4. The molecule has 1 aromatic heterocycles. The standard InChI is InChI=1S/C34H49NO3.C29H41NO3.C29H39NO3.C28H41NO3/c1-4-5-6-7-8-9-10-11-12-13-14-15-16-17-18-19-20-21-22-23-24-25-34(37)35-30(2)28-31-26-27-33(38-3)32(36)29-31;1-25(23-26-20-21-27(31)28(32)24-26)30-22-18-16-14-12-10-8-6-4-2-3-5-7-9-11-13-15-17-19-29(30)33;1-3-4-5-6-7-8-9-10-11-12-13-14-15-16-17-18-19-20-29(31)30-25(2)23-26-21-22-27-28(24-26)33-32-27;1-4-5-6-7-8-9-10-11-12-13-14-15-16-17-18-19-28(31)29-24(2)22-25-20-21-27(32-3)26(30)23-25/h5-8,12-13,15-16,18-19,21-22,26-27,29-30,36H,4,9-11,14,17,20,23-25,28H2,1-3H3,(H,35,37);2,4-5,7-8,10-11,13,20-21,24-25,31-32H,3,6,9,12,14-19,22-23H2,1H3;3,7-8,10-11,14-15,17-18,21-22,24-25H,1,4-6,9,12-13,16,19-20,23H2,2H3,(H,30,31);6-7,9-10,12-13,15-16,20-21,23-24,30H,4-5,8,11,14,17-19,22H2,1-3H3,(H,29,31)/b6-5+,8-7+,13-12-,16-15-,19-18-,22-21-;4-2-,7-5-,10-8-,13-11-;8-7-,11-10+,15-14-,18-17+;7-6-,10-9-,13-12-,16-15-. The zero-order valence-corrected chi connectivity index (χ0v) is 84.0. The van der Waals surface area contributed by atoms with E-state index >= 15 is 0 Å². The van der Waals surface area contributed by atoms with E-state index in [0.717, 1.165) is 233 Å². The number of fused-ring (bicyclic) bond motifs is 1. The van der Waals surface area contributed by atoms with Gasteiger partial charge in [-0.1, -0.05) is 276 Å². The summed E-state index contributed by atoms with van der Waals surface area (Å²) in [6, 6.07) is 21.6. The number of carbonyl (C=O) groups excluding carboxylic acids is 4. The van der Waals surface area contributed by atoms with Crippen LogP contribution in [0.1, 0.15) is 301 Å². The van der Waals surface area contributed by atoms with Crippen LogP contribution in [-0.4, -0.2) is 93.9 Å². The lowest BCUT2D eigenvalue weighted by molar-refractivity contribution is -0.133. The summed E-state index contributed by atoms with van der Waals surface area (Å²) in [6.45, 7) is 16.9. The lowest BCUT2D eigenvalue weighted by atomic mass is 10.0. The van der Waals surface area contributed by atoms with Crippen molar-refractivity contribution in [3.8, 4) is 34.5 Å². The Hall–Kier alpha value is -11.8. The largest absolute Gasteiger partial charge is 0.504 e. The predicted molar refractivity (Wildman–Crippen MR) is 573 cm³/mol. The third kappa shape index (κ3) is 65.0. The zero-order chi connectivity index (χ0) is 98.4. The van der Waals surface area contributed by atoms with E-state index in [1.54, 1.807) is 30.3 Å². The Labute approximate surface area is 819 Å². The average Bonchev–Trinajstić information content (AvgIpc) is 0.814. The molecule has 4 unspecified atom stereocenters. The zero-order valence-electron chi connectivity index (χ0n) is 84.0. The Bertz CT molecular complexity index is 4590. The molecule has 16 nitrogen and oxygen atoms in total. The summed E-state index contributed by atoms with van der Waals surface area (Å²) >= 11 is 0. The molecule has 136 heavy (non-hydrogen) atoms. The first-order valence-corrected chi connectivity index (χ1v) is 50.6. The molecule has 0 radical (unpaired) electrons. The number of phenolic OH excluding ortho intramolecular Hbond substituents is 4. The van der Waals surface area contributed by atoms with Crippen LogP contribution in [0.5, 0.6) is 34.5 Å². The van der Waals surface area contributed by atoms with Gasteiger partial charge in [0.25, 0.3) is 0 Å². The summed E-state index contributed by atoms with van der Waals surface area (Å²) < 4.78 is 19.9. The van der Waals surface area contributed by atoms with Crippen molar-refractivity contribution in [2.45, 2.75) is 329 Å². The van der Waals surface area contributed by atoms with Gasteiger partial charge in [0.1, 0.15) is 0 Å². The van der Waals surface area contributed by atoms with Crippen molar-refractivity contribution in [2.75, 3.05) is 20.8 Å². The molecule has 0 spiro atoms. The van der Waals surface area contributed by atoms with Crippen molar-refractivity contribution in [1.82, 2.24) is 20.9 Å². The predicted octanol–water partition coefficient (Wildman–Crippen LogP) is 30.5. The number of unbranched alkanes of at least 4 members (excludes halogenated alkanes) is 8. The molecule has 0 saturated carbocycles. The second-order valence-corrected chi connectivity index (χ2v) is 34.4. The van der Waals surface area contributed by atoms with Gasteiger partial charge < -0.3 is 50.8 Å². The van der Waals surface area contributed by atoms with E-state index in [9.17, 15) is 39.6 Å². The van der Waals surface area contributed by atoms with Crippen LogP contribution >= 0.6 is 0 Å². The number of benzene rings is 4. The number of phenols is 4. The number of carbonyl (C=O) groups is 4. The van der Waals surface area contributed by atoms with Gasteiger partial charge in [-0.25, -0.2) is 0 Å². The van der Waals surface area contributed by atoms with Gasteiger partial charge >= 0.3 is 0 Å². The summed E-state index contributed by atoms with van der Waals surface area (Å²) in [4.78, 5) is 51.5. The van der Waals surface area contributed by atoms with Gasteiger partial charge in [-0.2, -0.15) is 0 Å². The van der Waals surface area contributed by atoms with Crippen LogP contribution in [0.15, 0.2) is 313 Å². The van der Waals surface area contributed by atoms with Gasteiger partial charge in [-0.15, -0.1) is 6.58 Å². The van der Waals surface area contributed by atoms with Gasteiger partial charge in [0.2, 0.25) is 34.8 Å². The summed E-state index contributed by atoms with van der Waals surface area (Å²) in [5, 5.41) is 48.3. The monoisotopic (exact) mass is 1860 g/mol. The van der Waals surface area contributed by atoms with Crippen molar-refractivity contribution in [3.63, 3.8) is 0 Å². The first-order chi connectivity index (χ1) is 66.4. The molecule has 1 aliphatic rings. The van der Waals surface area contributed by atoms with Crippen LogP contribution in [0, 0.1) is 0 Å². The molecule has 2 heterocycles. The number of allylic oxidation sites excluding steroid dienone is 37. The van der Waals surface area contributed by atoms with Crippen LogP contribution in [0.25, 0.3) is 11.2 Å². The molecule has 0 bridgehead atoms. The molecular weight excluding hydrogens is 1690 g/mol. The number of nitrogens with one attached hydrogen (secondary N) is 3. The summed E-state index contributed by atoms with van der Waals surface area (Å²) in [5.74, 6) is 1.35. The molecule has 0 aliphatic carbocycles. The molecule has 4 atom stereocenters. The number of rotatable bonds is 56. The third-order valence-corrected chi connectivity index (χ3v) is 21.9. The molecule has 0 fully saturated rings. The van der Waals surface area contributed by atoms with Crippen molar-refractivity contribution in [3.05, 3.63) is 326 Å². The number of hydrogen-bond donors (Lipinski definition) is 7. The minimum absolute atomic E-state index is 0.00616. The Balaban J connectivity index is 0.000000468. The summed E-state index contributed by atoms with van der Waals surface area (Å²) in [5.41, 5.74) is 5.50. The quantitative estimate of drug-likeness (QED) is 0.00633. The van der Waals surface area contributed by atoms with Gasteiger partial charge in [0.15, 0.2) is 34.5 Å². The van der Waals surface area contributed by atoms with E-state index in [-0.39, 0.29) is 70.8 Å². The summed E-state index contributed by atoms with van der Waals surface area (Å²) in [7, 11) is 3.05. The lowest BCUT2D eigenvalue weighted by Gasteiger charge is -2.30. The smallest absolute Gasteiger partial charge is 0.225 e. The van der Waals surface area contributed by atoms with E-state index in [1.807, 2.05) is 68.1 Å². The highest BCUT2D eigenvalue weighted by Gasteiger charge is 2.21. The highest BCUT2D eigenvalue weighted by atomic mass is 17.0. The Morgan fingerprint density at radius 3 is 1.19 bits per heavy atom. The molecule has 4 amide bonds. The molecular formula is C120H170N4O12. The SMILES string of the molecule is C=CCCC/C=C\C/C=C/CC/C=C\C/C=C/CCC(=O)NC(C)Cc1ccc2ooc2c1.CC(Cc1ccc(O)c(O)c1)N1CCCCC/C=C\C/C=C\C/C=C\C/C=C\CCCC1=O.CC/C=C/C=C/CCC/C=C\C/C=C\C/C=C\C/C=C\CCCC(=O)NC(C)Cc1ccc(OC)c(O)c1.CCC/C=C\C/C=C\C/C=C\C/C=C\CCCC(=O)NC(C)Cc1ccc(OC)c(O)c1. The molecule has 5 aromatic rings. The van der Waals surface area contributed by atoms with E-state index < -0.39 is 0 Å². The van der Waals surface area contributed by atoms with Gasteiger partial charge in [-0.05, 0) is 323 Å². The third-order valence-electron chi connectivity index (χ3n) is 21.9. The van der Waals surface area contributed by atoms with Crippen LogP contribution in [-0.2, 0) is 44.9 Å². The summed E-state index contributed by atoms with van der Waals surface area (Å²) in [6.07, 6.45) is 120. The lowest BCUT2D eigenvalue weighted by Crippen LogP contribution is -2.40.